The lowest BCUT2D eigenvalue weighted by atomic mass is 10.1. The molecule has 0 spiro atoms. The van der Waals surface area contributed by atoms with Crippen LogP contribution in [0.2, 0.25) is 0 Å². The van der Waals surface area contributed by atoms with Gasteiger partial charge in [0.25, 0.3) is 0 Å². The van der Waals surface area contributed by atoms with E-state index in [-0.39, 0.29) is 5.82 Å². The van der Waals surface area contributed by atoms with E-state index in [0.29, 0.717) is 18.1 Å². The van der Waals surface area contributed by atoms with Gasteiger partial charge in [-0.15, -0.1) is 0 Å². The highest BCUT2D eigenvalue weighted by Crippen LogP contribution is 2.37. The first-order chi connectivity index (χ1) is 13.7. The summed E-state index contributed by atoms with van der Waals surface area (Å²) >= 11 is 3.58. The van der Waals surface area contributed by atoms with Gasteiger partial charge in [-0.05, 0) is 69.9 Å². The lowest BCUT2D eigenvalue weighted by Crippen LogP contribution is -2.16. The Morgan fingerprint density at radius 3 is 2.39 bits per heavy atom. The molecule has 0 fully saturated rings. The van der Waals surface area contributed by atoms with E-state index in [2.05, 4.69) is 45.5 Å². The van der Waals surface area contributed by atoms with Crippen LogP contribution in [0.4, 0.5) is 4.39 Å². The molecule has 0 bridgehead atoms. The van der Waals surface area contributed by atoms with Crippen LogP contribution in [0.15, 0.2) is 71.2 Å². The van der Waals surface area contributed by atoms with Crippen LogP contribution in [-0.2, 0) is 19.6 Å². The maximum absolute atomic E-state index is 13.0. The van der Waals surface area contributed by atoms with E-state index in [9.17, 15) is 4.39 Å². The molecule has 0 amide bonds. The molecule has 3 nitrogen and oxygen atoms in total. The van der Waals surface area contributed by atoms with Gasteiger partial charge >= 0.3 is 0 Å². The maximum Gasteiger partial charge on any atom is 0.175 e. The third kappa shape index (κ3) is 5.81. The summed E-state index contributed by atoms with van der Waals surface area (Å²) in [5.41, 5.74) is 3.31. The van der Waals surface area contributed by atoms with Crippen LogP contribution in [0.1, 0.15) is 16.7 Å². The smallest absolute Gasteiger partial charge is 0.175 e. The highest BCUT2D eigenvalue weighted by Gasteiger charge is 2.12. The van der Waals surface area contributed by atoms with Crippen LogP contribution in [0, 0.1) is 5.82 Å². The van der Waals surface area contributed by atoms with Gasteiger partial charge in [0.1, 0.15) is 12.4 Å². The minimum Gasteiger partial charge on any atom is -0.493 e. The van der Waals surface area contributed by atoms with Crippen LogP contribution in [0.25, 0.3) is 0 Å². The van der Waals surface area contributed by atoms with Crippen molar-refractivity contribution in [3.63, 3.8) is 0 Å². The Kier molecular flexibility index (Phi) is 7.46. The summed E-state index contributed by atoms with van der Waals surface area (Å²) in [5, 5.41) is 3.46. The molecule has 3 rings (SSSR count). The number of methoxy groups -OCH3 is 1. The molecule has 146 valence electrons. The SMILES string of the molecule is COc1cc(CNCCc2ccccc2)cc(Br)c1OCc1ccc(F)cc1. The molecule has 0 heterocycles. The average Bonchev–Trinajstić information content (AvgIpc) is 2.72. The van der Waals surface area contributed by atoms with Crippen molar-refractivity contribution < 1.29 is 13.9 Å². The Balaban J connectivity index is 1.58. The molecule has 28 heavy (non-hydrogen) atoms. The molecule has 0 atom stereocenters. The van der Waals surface area contributed by atoms with Crippen LogP contribution in [0.5, 0.6) is 11.5 Å². The summed E-state index contributed by atoms with van der Waals surface area (Å²) in [7, 11) is 1.62. The van der Waals surface area contributed by atoms with Crippen molar-refractivity contribution in [2.24, 2.45) is 0 Å². The van der Waals surface area contributed by atoms with Crippen LogP contribution >= 0.6 is 15.9 Å². The first-order valence-electron chi connectivity index (χ1n) is 9.14. The molecule has 0 aliphatic heterocycles. The number of hydrogen-bond acceptors (Lipinski definition) is 3. The Labute approximate surface area is 173 Å². The fourth-order valence-electron chi connectivity index (χ4n) is 2.86. The zero-order chi connectivity index (χ0) is 19.8. The minimum atomic E-state index is -0.258. The Morgan fingerprint density at radius 2 is 1.68 bits per heavy atom. The maximum atomic E-state index is 13.0. The zero-order valence-corrected chi connectivity index (χ0v) is 17.3. The van der Waals surface area contributed by atoms with Crippen molar-refractivity contribution in [2.45, 2.75) is 19.6 Å². The zero-order valence-electron chi connectivity index (χ0n) is 15.8. The van der Waals surface area contributed by atoms with E-state index < -0.39 is 0 Å². The Morgan fingerprint density at radius 1 is 0.929 bits per heavy atom. The monoisotopic (exact) mass is 443 g/mol. The fraction of sp³-hybridized carbons (Fsp3) is 0.217. The van der Waals surface area contributed by atoms with Crippen molar-refractivity contribution in [1.29, 1.82) is 0 Å². The lowest BCUT2D eigenvalue weighted by molar-refractivity contribution is 0.282. The molecule has 0 unspecified atom stereocenters. The third-order valence-electron chi connectivity index (χ3n) is 4.35. The molecule has 0 saturated carbocycles. The summed E-state index contributed by atoms with van der Waals surface area (Å²) in [5.74, 6) is 1.04. The molecular weight excluding hydrogens is 421 g/mol. The molecule has 0 aromatic heterocycles. The normalized spacial score (nSPS) is 10.7. The van der Waals surface area contributed by atoms with Gasteiger partial charge in [0.05, 0.1) is 11.6 Å². The number of rotatable bonds is 9. The average molecular weight is 444 g/mol. The predicted octanol–water partition coefficient (Wildman–Crippen LogP) is 5.51. The van der Waals surface area contributed by atoms with Gasteiger partial charge in [-0.25, -0.2) is 4.39 Å². The molecule has 0 aliphatic rings. The fourth-order valence-corrected chi connectivity index (χ4v) is 3.47. The quantitative estimate of drug-likeness (QED) is 0.442. The first kappa shape index (κ1) is 20.4. The topological polar surface area (TPSA) is 30.5 Å². The van der Waals surface area contributed by atoms with Crippen LogP contribution in [-0.4, -0.2) is 13.7 Å². The highest BCUT2D eigenvalue weighted by atomic mass is 79.9. The molecule has 0 radical (unpaired) electrons. The highest BCUT2D eigenvalue weighted by molar-refractivity contribution is 9.10. The summed E-state index contributed by atoms with van der Waals surface area (Å²) in [6.45, 7) is 1.97. The van der Waals surface area contributed by atoms with E-state index in [4.69, 9.17) is 9.47 Å². The van der Waals surface area contributed by atoms with Gasteiger partial charge in [0.2, 0.25) is 0 Å². The van der Waals surface area contributed by atoms with Crippen LogP contribution in [0.3, 0.4) is 0 Å². The summed E-state index contributed by atoms with van der Waals surface area (Å²) in [4.78, 5) is 0. The number of benzene rings is 3. The second-order valence-electron chi connectivity index (χ2n) is 6.44. The molecule has 3 aromatic rings. The molecular formula is C23H23BrFNO2. The summed E-state index contributed by atoms with van der Waals surface area (Å²) < 4.78 is 25.3. The summed E-state index contributed by atoms with van der Waals surface area (Å²) in [6, 6.07) is 20.7. The number of hydrogen-bond donors (Lipinski definition) is 1. The van der Waals surface area contributed by atoms with Crippen molar-refractivity contribution in [3.05, 3.63) is 93.7 Å². The molecule has 1 N–H and O–H groups in total. The second kappa shape index (κ2) is 10.2. The molecule has 3 aromatic carbocycles. The molecule has 0 saturated heterocycles. The third-order valence-corrected chi connectivity index (χ3v) is 4.94. The van der Waals surface area contributed by atoms with Crippen molar-refractivity contribution in [3.8, 4) is 11.5 Å². The van der Waals surface area contributed by atoms with E-state index in [0.717, 1.165) is 35.1 Å². The summed E-state index contributed by atoms with van der Waals surface area (Å²) in [6.07, 6.45) is 0.984. The van der Waals surface area contributed by atoms with Gasteiger partial charge in [-0.1, -0.05) is 42.5 Å². The van der Waals surface area contributed by atoms with E-state index in [1.54, 1.807) is 19.2 Å². The van der Waals surface area contributed by atoms with Gasteiger partial charge in [-0.2, -0.15) is 0 Å². The minimum absolute atomic E-state index is 0.258. The molecule has 5 heteroatoms. The van der Waals surface area contributed by atoms with Crippen molar-refractivity contribution in [1.82, 2.24) is 5.32 Å². The number of halogens is 2. The largest absolute Gasteiger partial charge is 0.493 e. The van der Waals surface area contributed by atoms with E-state index >= 15 is 0 Å². The van der Waals surface area contributed by atoms with Gasteiger partial charge in [0.15, 0.2) is 11.5 Å². The van der Waals surface area contributed by atoms with Crippen molar-refractivity contribution >= 4 is 15.9 Å². The van der Waals surface area contributed by atoms with Crippen molar-refractivity contribution in [2.75, 3.05) is 13.7 Å². The predicted molar refractivity (Wildman–Crippen MR) is 113 cm³/mol. The number of nitrogens with one attached hydrogen (secondary N) is 1. The second-order valence-corrected chi connectivity index (χ2v) is 7.29. The van der Waals surface area contributed by atoms with Crippen LogP contribution < -0.4 is 14.8 Å². The lowest BCUT2D eigenvalue weighted by Gasteiger charge is -2.15. The Bertz CT molecular complexity index is 885. The Hall–Kier alpha value is -2.37. The van der Waals surface area contributed by atoms with Gasteiger partial charge < -0.3 is 14.8 Å². The number of ether oxygens (including phenoxy) is 2. The molecule has 0 aliphatic carbocycles. The first-order valence-corrected chi connectivity index (χ1v) is 9.93. The van der Waals surface area contributed by atoms with E-state index in [1.165, 1.54) is 17.7 Å². The van der Waals surface area contributed by atoms with Gasteiger partial charge in [-0.3, -0.25) is 0 Å². The van der Waals surface area contributed by atoms with E-state index in [1.807, 2.05) is 18.2 Å². The standard InChI is InChI=1S/C23H23BrFNO2/c1-27-22-14-19(15-26-12-11-17-5-3-2-4-6-17)13-21(24)23(22)28-16-18-7-9-20(25)10-8-18/h2-10,13-14,26H,11-12,15-16H2,1H3. The van der Waals surface area contributed by atoms with Gasteiger partial charge in [0, 0.05) is 6.54 Å².